The van der Waals surface area contributed by atoms with Gasteiger partial charge in [0, 0.05) is 6.54 Å². The van der Waals surface area contributed by atoms with Crippen LogP contribution in [0.15, 0.2) is 4.99 Å². The summed E-state index contributed by atoms with van der Waals surface area (Å²) in [4.78, 5) is 6.76. The number of guanidine groups is 1. The van der Waals surface area contributed by atoms with Gasteiger partial charge in [0.05, 0.1) is 12.6 Å². The van der Waals surface area contributed by atoms with Crippen LogP contribution in [0.1, 0.15) is 39.5 Å². The second-order valence-electron chi connectivity index (χ2n) is 5.13. The maximum Gasteiger partial charge on any atom is 0.191 e. The minimum absolute atomic E-state index is 0.575. The van der Waals surface area contributed by atoms with Gasteiger partial charge in [0.25, 0.3) is 0 Å². The average molecular weight is 209 g/mol. The van der Waals surface area contributed by atoms with Crippen LogP contribution < -0.4 is 5.73 Å². The molecule has 0 saturated heterocycles. The van der Waals surface area contributed by atoms with Crippen molar-refractivity contribution < 1.29 is 0 Å². The first-order valence-corrected chi connectivity index (χ1v) is 6.29. The lowest BCUT2D eigenvalue weighted by Crippen LogP contribution is -2.45. The predicted molar refractivity (Wildman–Crippen MR) is 63.8 cm³/mol. The summed E-state index contributed by atoms with van der Waals surface area (Å²) >= 11 is 0. The van der Waals surface area contributed by atoms with Crippen molar-refractivity contribution in [3.63, 3.8) is 0 Å². The molecule has 0 amide bonds. The van der Waals surface area contributed by atoms with Gasteiger partial charge >= 0.3 is 0 Å². The van der Waals surface area contributed by atoms with Crippen molar-refractivity contribution in [1.29, 1.82) is 0 Å². The Morgan fingerprint density at radius 3 is 2.87 bits per heavy atom. The van der Waals surface area contributed by atoms with E-state index in [0.717, 1.165) is 30.9 Å². The lowest BCUT2D eigenvalue weighted by Gasteiger charge is -2.30. The molecule has 3 nitrogen and oxygen atoms in total. The minimum Gasteiger partial charge on any atom is -0.370 e. The standard InChI is InChI=1S/C12H23N3/c1-3-4-9(2)11-7-14-12(13)15(11)8-10-5-6-10/h9-11H,3-8H2,1-2H3,(H2,13,14). The molecule has 0 aromatic heterocycles. The molecule has 1 heterocycles. The predicted octanol–water partition coefficient (Wildman–Crippen LogP) is 1.83. The third-order valence-electron chi connectivity index (χ3n) is 3.69. The fourth-order valence-corrected chi connectivity index (χ4v) is 2.49. The highest BCUT2D eigenvalue weighted by molar-refractivity contribution is 5.80. The quantitative estimate of drug-likeness (QED) is 0.750. The molecule has 1 aliphatic heterocycles. The summed E-state index contributed by atoms with van der Waals surface area (Å²) in [7, 11) is 0. The molecule has 2 rings (SSSR count). The fourth-order valence-electron chi connectivity index (χ4n) is 2.49. The molecular weight excluding hydrogens is 186 g/mol. The number of nitrogens with two attached hydrogens (primary N) is 1. The molecule has 0 bridgehead atoms. The van der Waals surface area contributed by atoms with E-state index in [2.05, 4.69) is 23.7 Å². The minimum atomic E-state index is 0.575. The van der Waals surface area contributed by atoms with Crippen LogP contribution in [0.5, 0.6) is 0 Å². The molecular formula is C12H23N3. The maximum absolute atomic E-state index is 5.96. The summed E-state index contributed by atoms with van der Waals surface area (Å²) in [6, 6.07) is 0.575. The normalized spacial score (nSPS) is 28.0. The van der Waals surface area contributed by atoms with Crippen molar-refractivity contribution in [2.45, 2.75) is 45.6 Å². The molecule has 0 aromatic rings. The molecule has 0 spiro atoms. The maximum atomic E-state index is 5.96. The fraction of sp³-hybridized carbons (Fsp3) is 0.917. The second-order valence-corrected chi connectivity index (χ2v) is 5.13. The summed E-state index contributed by atoms with van der Waals surface area (Å²) in [6.07, 6.45) is 5.32. The smallest absolute Gasteiger partial charge is 0.191 e. The zero-order chi connectivity index (χ0) is 10.8. The van der Waals surface area contributed by atoms with Crippen LogP contribution in [0.3, 0.4) is 0 Å². The van der Waals surface area contributed by atoms with E-state index in [1.54, 1.807) is 0 Å². The summed E-state index contributed by atoms with van der Waals surface area (Å²) in [5.41, 5.74) is 5.96. The summed E-state index contributed by atoms with van der Waals surface area (Å²) in [5, 5.41) is 0. The van der Waals surface area contributed by atoms with E-state index in [0.29, 0.717) is 6.04 Å². The Bertz CT molecular complexity index is 245. The van der Waals surface area contributed by atoms with Crippen LogP contribution in [0.2, 0.25) is 0 Å². The van der Waals surface area contributed by atoms with E-state index in [4.69, 9.17) is 5.73 Å². The average Bonchev–Trinajstić information content (AvgIpc) is 2.93. The van der Waals surface area contributed by atoms with E-state index < -0.39 is 0 Å². The van der Waals surface area contributed by atoms with Gasteiger partial charge in [0.1, 0.15) is 0 Å². The Morgan fingerprint density at radius 1 is 1.53 bits per heavy atom. The molecule has 2 aliphatic rings. The molecule has 1 fully saturated rings. The van der Waals surface area contributed by atoms with Crippen LogP contribution in [-0.2, 0) is 0 Å². The molecule has 0 radical (unpaired) electrons. The van der Waals surface area contributed by atoms with Gasteiger partial charge < -0.3 is 10.6 Å². The van der Waals surface area contributed by atoms with E-state index in [-0.39, 0.29) is 0 Å². The molecule has 2 atom stereocenters. The van der Waals surface area contributed by atoms with E-state index >= 15 is 0 Å². The third kappa shape index (κ3) is 2.44. The highest BCUT2D eigenvalue weighted by Gasteiger charge is 2.34. The lowest BCUT2D eigenvalue weighted by molar-refractivity contribution is 0.244. The van der Waals surface area contributed by atoms with E-state index in [9.17, 15) is 0 Å². The molecule has 1 aliphatic carbocycles. The number of nitrogens with zero attached hydrogens (tertiary/aromatic N) is 2. The van der Waals surface area contributed by atoms with Gasteiger partial charge in [-0.2, -0.15) is 0 Å². The number of hydrogen-bond donors (Lipinski definition) is 1. The van der Waals surface area contributed by atoms with Crippen LogP contribution >= 0.6 is 0 Å². The molecule has 2 N–H and O–H groups in total. The Kier molecular flexibility index (Phi) is 3.17. The first kappa shape index (κ1) is 10.8. The van der Waals surface area contributed by atoms with Gasteiger partial charge in [-0.05, 0) is 31.1 Å². The molecule has 86 valence electrons. The van der Waals surface area contributed by atoms with Crippen molar-refractivity contribution in [2.24, 2.45) is 22.6 Å². The van der Waals surface area contributed by atoms with Gasteiger partial charge in [-0.1, -0.05) is 20.3 Å². The van der Waals surface area contributed by atoms with Gasteiger partial charge in [-0.25, -0.2) is 0 Å². The van der Waals surface area contributed by atoms with Crippen molar-refractivity contribution >= 4 is 5.96 Å². The zero-order valence-electron chi connectivity index (χ0n) is 9.95. The first-order chi connectivity index (χ1) is 7.22. The molecule has 3 heteroatoms. The Hall–Kier alpha value is -0.730. The molecule has 0 aromatic carbocycles. The van der Waals surface area contributed by atoms with Crippen LogP contribution in [0.25, 0.3) is 0 Å². The van der Waals surface area contributed by atoms with Crippen molar-refractivity contribution in [1.82, 2.24) is 4.90 Å². The highest BCUT2D eigenvalue weighted by Crippen LogP contribution is 2.32. The van der Waals surface area contributed by atoms with Crippen molar-refractivity contribution in [2.75, 3.05) is 13.1 Å². The number of hydrogen-bond acceptors (Lipinski definition) is 3. The van der Waals surface area contributed by atoms with E-state index in [1.165, 1.54) is 25.7 Å². The Morgan fingerprint density at radius 2 is 2.27 bits per heavy atom. The number of rotatable bonds is 5. The Balaban J connectivity index is 1.92. The molecule has 2 unspecified atom stereocenters. The highest BCUT2D eigenvalue weighted by atomic mass is 15.3. The summed E-state index contributed by atoms with van der Waals surface area (Å²) in [5.74, 6) is 2.40. The zero-order valence-corrected chi connectivity index (χ0v) is 9.95. The van der Waals surface area contributed by atoms with Gasteiger partial charge in [0.2, 0.25) is 0 Å². The Labute approximate surface area is 92.7 Å². The lowest BCUT2D eigenvalue weighted by atomic mass is 9.96. The van der Waals surface area contributed by atoms with Crippen LogP contribution in [0, 0.1) is 11.8 Å². The monoisotopic (exact) mass is 209 g/mol. The van der Waals surface area contributed by atoms with Crippen molar-refractivity contribution in [3.8, 4) is 0 Å². The van der Waals surface area contributed by atoms with Crippen molar-refractivity contribution in [3.05, 3.63) is 0 Å². The van der Waals surface area contributed by atoms with Crippen LogP contribution in [-0.4, -0.2) is 30.0 Å². The number of aliphatic imine (C=N–C) groups is 1. The largest absolute Gasteiger partial charge is 0.370 e. The van der Waals surface area contributed by atoms with E-state index in [1.807, 2.05) is 0 Å². The summed E-state index contributed by atoms with van der Waals surface area (Å²) < 4.78 is 0. The van der Waals surface area contributed by atoms with Gasteiger partial charge in [0.15, 0.2) is 5.96 Å². The van der Waals surface area contributed by atoms with Gasteiger partial charge in [-0.3, -0.25) is 4.99 Å². The van der Waals surface area contributed by atoms with Gasteiger partial charge in [-0.15, -0.1) is 0 Å². The first-order valence-electron chi connectivity index (χ1n) is 6.29. The third-order valence-corrected chi connectivity index (χ3v) is 3.69. The SMILES string of the molecule is CCCC(C)C1CN=C(N)N1CC1CC1. The summed E-state index contributed by atoms with van der Waals surface area (Å²) in [6.45, 7) is 6.65. The topological polar surface area (TPSA) is 41.6 Å². The second kappa shape index (κ2) is 4.42. The molecule has 1 saturated carbocycles. The van der Waals surface area contributed by atoms with Crippen LogP contribution in [0.4, 0.5) is 0 Å². The molecule has 15 heavy (non-hydrogen) atoms.